The van der Waals surface area contributed by atoms with Crippen LogP contribution in [-0.4, -0.2) is 61.1 Å². The van der Waals surface area contributed by atoms with Crippen LogP contribution in [0.5, 0.6) is 0 Å². The molecule has 5 atom stereocenters. The normalized spacial score (nSPS) is 28.1. The third-order valence-corrected chi connectivity index (χ3v) is 3.03. The highest BCUT2D eigenvalue weighted by Gasteiger charge is 2.50. The molecule has 1 rings (SSSR count). The predicted octanol–water partition coefficient (Wildman–Crippen LogP) is -0.550. The van der Waals surface area contributed by atoms with Gasteiger partial charge < -0.3 is 29.4 Å². The molecule has 25 heavy (non-hydrogen) atoms. The van der Waals surface area contributed by atoms with E-state index in [2.05, 4.69) is 0 Å². The van der Waals surface area contributed by atoms with E-state index in [0.717, 1.165) is 20.8 Å². The highest BCUT2D eigenvalue weighted by molar-refractivity contribution is 5.85. The fourth-order valence-electron chi connectivity index (χ4n) is 2.20. The molecule has 0 aromatic rings. The Morgan fingerprint density at radius 3 is 1.76 bits per heavy atom. The first-order valence-corrected chi connectivity index (χ1v) is 7.18. The van der Waals surface area contributed by atoms with Crippen molar-refractivity contribution in [2.45, 2.75) is 58.3 Å². The van der Waals surface area contributed by atoms with E-state index in [1.165, 1.54) is 6.92 Å². The summed E-state index contributed by atoms with van der Waals surface area (Å²) in [5.41, 5.74) is 5.93. The van der Waals surface area contributed by atoms with Crippen LogP contribution in [0, 0.1) is 0 Å². The summed E-state index contributed by atoms with van der Waals surface area (Å²) in [5.74, 6) is -2.62. The summed E-state index contributed by atoms with van der Waals surface area (Å²) in [6.45, 7) is 4.32. The van der Waals surface area contributed by atoms with Gasteiger partial charge in [0, 0.05) is 27.7 Å². The van der Waals surface area contributed by atoms with Crippen LogP contribution in [0.25, 0.3) is 0 Å². The number of halogens is 1. The lowest BCUT2D eigenvalue weighted by molar-refractivity contribution is -0.267. The van der Waals surface area contributed by atoms with Crippen molar-refractivity contribution in [1.29, 1.82) is 0 Å². The third-order valence-electron chi connectivity index (χ3n) is 3.03. The lowest BCUT2D eigenvalue weighted by Gasteiger charge is -2.42. The minimum absolute atomic E-state index is 0. The van der Waals surface area contributed by atoms with Crippen LogP contribution in [0.2, 0.25) is 0 Å². The summed E-state index contributed by atoms with van der Waals surface area (Å²) in [4.78, 5) is 44.9. The van der Waals surface area contributed by atoms with Crippen molar-refractivity contribution in [3.8, 4) is 0 Å². The quantitative estimate of drug-likeness (QED) is 0.485. The highest BCUT2D eigenvalue weighted by Crippen LogP contribution is 2.26. The Balaban J connectivity index is 0.00000576. The summed E-state index contributed by atoms with van der Waals surface area (Å²) >= 11 is 0. The van der Waals surface area contributed by atoms with E-state index in [4.69, 9.17) is 29.4 Å². The van der Waals surface area contributed by atoms with Gasteiger partial charge in [-0.15, -0.1) is 12.4 Å². The van der Waals surface area contributed by atoms with Crippen LogP contribution in [0.4, 0.5) is 0 Å². The molecule has 0 aliphatic carbocycles. The average molecular weight is 384 g/mol. The van der Waals surface area contributed by atoms with Crippen LogP contribution in [0.3, 0.4) is 0 Å². The Hall–Kier alpha value is -1.91. The lowest BCUT2D eigenvalue weighted by Crippen LogP contribution is -2.65. The van der Waals surface area contributed by atoms with E-state index in [1.54, 1.807) is 0 Å². The standard InChI is InChI=1S/C14H21NO9.ClH/c1-6(16)20-5-10-12(21-7(2)17)13(22-8(3)18)11(15)14(24-10)23-9(4)19;/h10-14H,5,15H2,1-4H3;1H/t10?,11?,12-,13+,14?;/m0./s1. The number of nitrogens with two attached hydrogens (primary N) is 1. The summed E-state index contributed by atoms with van der Waals surface area (Å²) in [5, 5.41) is 0. The van der Waals surface area contributed by atoms with E-state index in [0.29, 0.717) is 0 Å². The molecule has 1 aliphatic heterocycles. The Morgan fingerprint density at radius 2 is 1.32 bits per heavy atom. The zero-order valence-corrected chi connectivity index (χ0v) is 15.1. The maximum atomic E-state index is 11.3. The molecule has 0 radical (unpaired) electrons. The van der Waals surface area contributed by atoms with Crippen molar-refractivity contribution in [2.24, 2.45) is 5.73 Å². The molecule has 0 saturated carbocycles. The van der Waals surface area contributed by atoms with Gasteiger partial charge in [0.2, 0.25) is 6.29 Å². The van der Waals surface area contributed by atoms with Crippen molar-refractivity contribution < 1.29 is 42.9 Å². The van der Waals surface area contributed by atoms with Crippen LogP contribution >= 0.6 is 12.4 Å². The van der Waals surface area contributed by atoms with E-state index in [1.807, 2.05) is 0 Å². The van der Waals surface area contributed by atoms with Crippen molar-refractivity contribution in [1.82, 2.24) is 0 Å². The SMILES string of the molecule is CC(=O)OCC1OC(OC(C)=O)C(N)[C@@H](OC(C)=O)[C@H]1OC(C)=O.Cl. The van der Waals surface area contributed by atoms with Crippen LogP contribution in [0.1, 0.15) is 27.7 Å². The zero-order valence-electron chi connectivity index (χ0n) is 14.3. The first-order valence-electron chi connectivity index (χ1n) is 7.18. The molecule has 0 aromatic carbocycles. The molecular weight excluding hydrogens is 362 g/mol. The minimum atomic E-state index is -1.26. The fraction of sp³-hybridized carbons (Fsp3) is 0.714. The molecule has 144 valence electrons. The van der Waals surface area contributed by atoms with Gasteiger partial charge in [-0.3, -0.25) is 19.2 Å². The summed E-state index contributed by atoms with van der Waals surface area (Å²) in [7, 11) is 0. The molecule has 1 heterocycles. The molecule has 11 heteroatoms. The molecule has 0 bridgehead atoms. The molecule has 1 fully saturated rings. The average Bonchev–Trinajstić information content (AvgIpc) is 2.42. The molecule has 0 amide bonds. The summed E-state index contributed by atoms with van der Waals surface area (Å²) in [6.07, 6.45) is -4.58. The van der Waals surface area contributed by atoms with Crippen molar-refractivity contribution in [3.63, 3.8) is 0 Å². The van der Waals surface area contributed by atoms with Gasteiger partial charge in [0.05, 0.1) is 0 Å². The monoisotopic (exact) mass is 383 g/mol. The van der Waals surface area contributed by atoms with E-state index in [-0.39, 0.29) is 19.0 Å². The number of carbonyl (C=O) groups is 4. The molecule has 0 aromatic heterocycles. The first-order chi connectivity index (χ1) is 11.1. The second-order valence-electron chi connectivity index (χ2n) is 5.18. The van der Waals surface area contributed by atoms with Gasteiger partial charge in [-0.05, 0) is 0 Å². The molecule has 2 N–H and O–H groups in total. The largest absolute Gasteiger partial charge is 0.463 e. The number of esters is 4. The van der Waals surface area contributed by atoms with Gasteiger partial charge in [0.15, 0.2) is 12.2 Å². The van der Waals surface area contributed by atoms with E-state index >= 15 is 0 Å². The van der Waals surface area contributed by atoms with E-state index < -0.39 is 54.5 Å². The molecule has 1 saturated heterocycles. The van der Waals surface area contributed by atoms with Crippen molar-refractivity contribution in [2.75, 3.05) is 6.61 Å². The summed E-state index contributed by atoms with van der Waals surface area (Å²) < 4.78 is 25.5. The Labute approximate surface area is 150 Å². The second-order valence-corrected chi connectivity index (χ2v) is 5.18. The van der Waals surface area contributed by atoms with Crippen LogP contribution < -0.4 is 5.73 Å². The van der Waals surface area contributed by atoms with Gasteiger partial charge in [-0.25, -0.2) is 0 Å². The van der Waals surface area contributed by atoms with Crippen molar-refractivity contribution >= 4 is 36.3 Å². The maximum absolute atomic E-state index is 11.3. The number of hydrogen-bond donors (Lipinski definition) is 1. The molecule has 3 unspecified atom stereocenters. The first kappa shape index (κ1) is 23.1. The molecule has 1 aliphatic rings. The Morgan fingerprint density at radius 1 is 0.840 bits per heavy atom. The van der Waals surface area contributed by atoms with Gasteiger partial charge in [-0.1, -0.05) is 0 Å². The second kappa shape index (κ2) is 10.2. The number of ether oxygens (including phenoxy) is 5. The molecular formula is C14H22ClNO9. The predicted molar refractivity (Wildman–Crippen MR) is 83.4 cm³/mol. The third kappa shape index (κ3) is 7.24. The summed E-state index contributed by atoms with van der Waals surface area (Å²) in [6, 6.07) is -1.10. The van der Waals surface area contributed by atoms with Gasteiger partial charge in [0.25, 0.3) is 0 Å². The molecule has 0 spiro atoms. The lowest BCUT2D eigenvalue weighted by atomic mass is 9.97. The highest BCUT2D eigenvalue weighted by atomic mass is 35.5. The van der Waals surface area contributed by atoms with Gasteiger partial charge in [-0.2, -0.15) is 0 Å². The van der Waals surface area contributed by atoms with Crippen LogP contribution in [0.15, 0.2) is 0 Å². The smallest absolute Gasteiger partial charge is 0.304 e. The zero-order chi connectivity index (χ0) is 18.4. The number of carbonyl (C=O) groups excluding carboxylic acids is 4. The molecule has 10 nitrogen and oxygen atoms in total. The topological polar surface area (TPSA) is 140 Å². The Bertz CT molecular complexity index is 497. The van der Waals surface area contributed by atoms with Crippen molar-refractivity contribution in [3.05, 3.63) is 0 Å². The minimum Gasteiger partial charge on any atom is -0.463 e. The Kier molecular flexibility index (Phi) is 9.39. The van der Waals surface area contributed by atoms with Crippen LogP contribution in [-0.2, 0) is 42.9 Å². The maximum Gasteiger partial charge on any atom is 0.304 e. The van der Waals surface area contributed by atoms with Gasteiger partial charge in [0.1, 0.15) is 18.8 Å². The van der Waals surface area contributed by atoms with E-state index in [9.17, 15) is 19.2 Å². The fourth-order valence-corrected chi connectivity index (χ4v) is 2.20. The van der Waals surface area contributed by atoms with Gasteiger partial charge >= 0.3 is 23.9 Å². The number of hydrogen-bond acceptors (Lipinski definition) is 10. The number of rotatable bonds is 5.